The third-order valence-electron chi connectivity index (χ3n) is 1.88. The van der Waals surface area contributed by atoms with E-state index >= 15 is 0 Å². The van der Waals surface area contributed by atoms with Gasteiger partial charge in [-0.3, -0.25) is 9.59 Å². The van der Waals surface area contributed by atoms with Crippen molar-refractivity contribution in [3.8, 4) is 0 Å². The summed E-state index contributed by atoms with van der Waals surface area (Å²) < 4.78 is 0. The Morgan fingerprint density at radius 1 is 0.792 bits per heavy atom. The van der Waals surface area contributed by atoms with Crippen molar-refractivity contribution < 1.29 is 88.5 Å². The van der Waals surface area contributed by atoms with Gasteiger partial charge in [0.1, 0.15) is 0 Å². The first-order chi connectivity index (χ1) is 10.1. The first-order valence-corrected chi connectivity index (χ1v) is 7.10. The van der Waals surface area contributed by atoms with Crippen LogP contribution in [0.3, 0.4) is 0 Å². The summed E-state index contributed by atoms with van der Waals surface area (Å²) >= 11 is 7.50. The number of thiol groups is 2. The zero-order valence-electron chi connectivity index (χ0n) is 13.5. The van der Waals surface area contributed by atoms with Gasteiger partial charge in [0.2, 0.25) is 11.8 Å². The molecule has 2 amide bonds. The Bertz CT molecular complexity index is 370. The molecule has 0 rings (SSSR count). The predicted molar refractivity (Wildman–Crippen MR) is 79.7 cm³/mol. The molecule has 14 heteroatoms. The van der Waals surface area contributed by atoms with E-state index in [-0.39, 0.29) is 70.6 Å². The molecule has 6 N–H and O–H groups in total. The molecule has 0 radical (unpaired) electrons. The first-order valence-electron chi connectivity index (χ1n) is 5.83. The van der Waals surface area contributed by atoms with E-state index in [0.717, 1.165) is 0 Å². The second-order valence-corrected chi connectivity index (χ2v) is 4.49. The van der Waals surface area contributed by atoms with Gasteiger partial charge in [0.05, 0.1) is 37.1 Å². The number of hydrogen-bond acceptors (Lipinski definition) is 10. The van der Waals surface area contributed by atoms with E-state index in [0.29, 0.717) is 0 Å². The maximum Gasteiger partial charge on any atom is 1.00 e. The molecule has 0 aliphatic carbocycles. The fourth-order valence-corrected chi connectivity index (χ4v) is 1.08. The molecule has 10 nitrogen and oxygen atoms in total. The van der Waals surface area contributed by atoms with E-state index < -0.39 is 48.9 Å². The predicted octanol–water partition coefficient (Wildman–Crippen LogP) is -11.8. The third-order valence-corrected chi connectivity index (χ3v) is 2.67. The molecule has 0 aliphatic heterocycles. The fraction of sp³-hybridized carbons (Fsp3) is 0.600. The zero-order valence-corrected chi connectivity index (χ0v) is 19.3. The molecule has 0 fully saturated rings. The van der Waals surface area contributed by atoms with Crippen LogP contribution in [-0.4, -0.2) is 60.4 Å². The number of carboxylic acid groups (broad SMARTS) is 2. The van der Waals surface area contributed by atoms with E-state index in [4.69, 9.17) is 11.5 Å². The van der Waals surface area contributed by atoms with Gasteiger partial charge in [-0.15, -0.1) is 0 Å². The molecular formula is C10H18N4Na2O6S2. The molecule has 0 saturated carbocycles. The van der Waals surface area contributed by atoms with Gasteiger partial charge < -0.3 is 41.9 Å². The van der Waals surface area contributed by atoms with Crippen molar-refractivity contribution >= 4 is 49.0 Å². The maximum absolute atomic E-state index is 10.7. The Balaban J connectivity index is -0.000000154. The smallest absolute Gasteiger partial charge is 0.548 e. The second-order valence-electron chi connectivity index (χ2n) is 3.76. The van der Waals surface area contributed by atoms with E-state index in [1.807, 2.05) is 0 Å². The summed E-state index contributed by atoms with van der Waals surface area (Å²) in [6.45, 7) is -1.03. The van der Waals surface area contributed by atoms with Crippen molar-refractivity contribution in [3.05, 3.63) is 0 Å². The second kappa shape index (κ2) is 19.8. The summed E-state index contributed by atoms with van der Waals surface area (Å²) in [5, 5.41) is 23.8. The molecule has 2 atom stereocenters. The normalized spacial score (nSPS) is 11.2. The van der Waals surface area contributed by atoms with Crippen LogP contribution in [0.1, 0.15) is 0 Å². The topological polar surface area (TPSA) is 190 Å². The summed E-state index contributed by atoms with van der Waals surface area (Å²) in [5.41, 5.74) is 10.4. The average molecular weight is 400 g/mol. The van der Waals surface area contributed by atoms with Crippen LogP contribution in [0.15, 0.2) is 0 Å². The molecule has 128 valence electrons. The number of nitrogens with one attached hydrogen (secondary N) is 2. The number of carbonyl (C=O) groups excluding carboxylic acids is 4. The fourth-order valence-electron chi connectivity index (χ4n) is 0.747. The molecule has 0 spiro atoms. The van der Waals surface area contributed by atoms with E-state index in [1.54, 1.807) is 0 Å². The van der Waals surface area contributed by atoms with Gasteiger partial charge in [-0.25, -0.2) is 0 Å². The zero-order chi connectivity index (χ0) is 17.7. The molecule has 0 aromatic heterocycles. The van der Waals surface area contributed by atoms with Crippen LogP contribution in [0.4, 0.5) is 0 Å². The summed E-state index contributed by atoms with van der Waals surface area (Å²) in [6.07, 6.45) is 0. The number of carboxylic acids is 2. The van der Waals surface area contributed by atoms with Crippen LogP contribution in [0.5, 0.6) is 0 Å². The number of hydrogen-bond donors (Lipinski definition) is 6. The van der Waals surface area contributed by atoms with E-state index in [9.17, 15) is 29.4 Å². The standard InChI is InChI=1S/2C5H10N2O3S.2Na/c2*6-3(2-11)5(10)7-1-4(8)9;;/h2*3,11H,1-2,6H2,(H,7,10)(H,8,9);;/q;;2*+1/p-2/t2*3-;;/m00../s1. The quantitative estimate of drug-likeness (QED) is 0.171. The van der Waals surface area contributed by atoms with Crippen molar-refractivity contribution in [2.24, 2.45) is 11.5 Å². The maximum atomic E-state index is 10.7. The van der Waals surface area contributed by atoms with Gasteiger partial charge in [-0.1, -0.05) is 0 Å². The third kappa shape index (κ3) is 20.5. The van der Waals surface area contributed by atoms with Crippen LogP contribution in [0.2, 0.25) is 0 Å². The molecule has 0 bridgehead atoms. The monoisotopic (exact) mass is 400 g/mol. The number of amides is 2. The summed E-state index contributed by atoms with van der Waals surface area (Å²) in [4.78, 5) is 41.1. The molecule has 24 heavy (non-hydrogen) atoms. The van der Waals surface area contributed by atoms with E-state index in [1.165, 1.54) is 0 Å². The van der Waals surface area contributed by atoms with Gasteiger partial charge in [-0.05, 0) is 0 Å². The van der Waals surface area contributed by atoms with Gasteiger partial charge in [0.25, 0.3) is 0 Å². The molecule has 0 aromatic rings. The van der Waals surface area contributed by atoms with Gasteiger partial charge in [0, 0.05) is 11.5 Å². The summed E-state index contributed by atoms with van der Waals surface area (Å²) in [6, 6.07) is -1.53. The number of nitrogens with two attached hydrogens (primary N) is 2. The number of aliphatic carboxylic acids is 2. The summed E-state index contributed by atoms with van der Waals surface area (Å²) in [5.74, 6) is -3.40. The van der Waals surface area contributed by atoms with Crippen molar-refractivity contribution in [1.29, 1.82) is 0 Å². The van der Waals surface area contributed by atoms with Crippen molar-refractivity contribution in [2.45, 2.75) is 12.1 Å². The minimum atomic E-state index is -1.34. The first kappa shape index (κ1) is 32.2. The van der Waals surface area contributed by atoms with Crippen molar-refractivity contribution in [3.63, 3.8) is 0 Å². The average Bonchev–Trinajstić information content (AvgIpc) is 2.48. The Hall–Kier alpha value is 0.500. The SMILES string of the molecule is N[C@@H](CS)C(=O)NCC(=O)[O-].N[C@@H](CS)C(=O)NCC(=O)[O-].[Na+].[Na+]. The minimum Gasteiger partial charge on any atom is -0.548 e. The summed E-state index contributed by atoms with van der Waals surface area (Å²) in [7, 11) is 0. The van der Waals surface area contributed by atoms with Crippen LogP contribution in [0.25, 0.3) is 0 Å². The molecule has 0 heterocycles. The molecule has 0 aliphatic rings. The molecular weight excluding hydrogens is 382 g/mol. The molecule has 0 unspecified atom stereocenters. The van der Waals surface area contributed by atoms with Gasteiger partial charge in [-0.2, -0.15) is 25.3 Å². The van der Waals surface area contributed by atoms with E-state index in [2.05, 4.69) is 35.9 Å². The van der Waals surface area contributed by atoms with Crippen LogP contribution >= 0.6 is 25.3 Å². The Morgan fingerprint density at radius 2 is 1.04 bits per heavy atom. The molecule has 0 aromatic carbocycles. The Labute approximate surface area is 194 Å². The van der Waals surface area contributed by atoms with Gasteiger partial charge in [0.15, 0.2) is 0 Å². The number of rotatable bonds is 8. The van der Waals surface area contributed by atoms with Crippen molar-refractivity contribution in [2.75, 3.05) is 24.6 Å². The van der Waals surface area contributed by atoms with Crippen LogP contribution in [0, 0.1) is 0 Å². The van der Waals surface area contributed by atoms with Gasteiger partial charge >= 0.3 is 59.1 Å². The van der Waals surface area contributed by atoms with Crippen LogP contribution < -0.4 is 91.4 Å². The van der Waals surface area contributed by atoms with Crippen molar-refractivity contribution in [1.82, 2.24) is 10.6 Å². The molecule has 0 saturated heterocycles. The van der Waals surface area contributed by atoms with Crippen LogP contribution in [-0.2, 0) is 19.2 Å². The minimum absolute atomic E-state index is 0. The largest absolute Gasteiger partial charge is 1.00 e. The number of carbonyl (C=O) groups is 4. The Kier molecular flexibility index (Phi) is 26.6. The Morgan fingerprint density at radius 3 is 1.21 bits per heavy atom.